The number of ether oxygens (including phenoxy) is 2. The van der Waals surface area contributed by atoms with E-state index in [2.05, 4.69) is 4.74 Å². The third-order valence-electron chi connectivity index (χ3n) is 2.48. The molecule has 0 aromatic rings. The van der Waals surface area contributed by atoms with Crippen LogP contribution in [0.2, 0.25) is 0 Å². The van der Waals surface area contributed by atoms with Crippen molar-refractivity contribution >= 4 is 11.8 Å². The summed E-state index contributed by atoms with van der Waals surface area (Å²) in [5.74, 6) is -1.23. The van der Waals surface area contributed by atoms with Crippen LogP contribution in [0.25, 0.3) is 0 Å². The number of Topliss-reactive ketones (excluding diaryl/α,β-unsaturated/α-hetero) is 1. The minimum Gasteiger partial charge on any atom is -0.468 e. The van der Waals surface area contributed by atoms with Crippen LogP contribution in [0.5, 0.6) is 0 Å². The van der Waals surface area contributed by atoms with Crippen molar-refractivity contribution in [2.45, 2.75) is 32.3 Å². The second-order valence-corrected chi connectivity index (χ2v) is 3.39. The van der Waals surface area contributed by atoms with Crippen LogP contribution in [-0.2, 0) is 19.1 Å². The van der Waals surface area contributed by atoms with Gasteiger partial charge in [0.05, 0.1) is 7.11 Å². The van der Waals surface area contributed by atoms with Crippen LogP contribution < -0.4 is 0 Å². The van der Waals surface area contributed by atoms with Gasteiger partial charge in [0.1, 0.15) is 12.0 Å². The number of hydrogen-bond acceptors (Lipinski definition) is 4. The van der Waals surface area contributed by atoms with Gasteiger partial charge in [0, 0.05) is 6.61 Å². The molecule has 0 aliphatic carbocycles. The van der Waals surface area contributed by atoms with Crippen LogP contribution >= 0.6 is 0 Å². The van der Waals surface area contributed by atoms with Crippen molar-refractivity contribution in [1.29, 1.82) is 0 Å². The van der Waals surface area contributed by atoms with Crippen LogP contribution in [0.4, 0.5) is 0 Å². The summed E-state index contributed by atoms with van der Waals surface area (Å²) in [7, 11) is 1.30. The largest absolute Gasteiger partial charge is 0.468 e. The Kier molecular flexibility index (Phi) is 4.07. The number of carbonyl (C=O) groups excluding carboxylic acids is 2. The summed E-state index contributed by atoms with van der Waals surface area (Å²) in [6.45, 7) is 2.42. The lowest BCUT2D eigenvalue weighted by atomic mass is 9.96. The number of rotatable bonds is 4. The van der Waals surface area contributed by atoms with Crippen molar-refractivity contribution in [3.8, 4) is 0 Å². The zero-order valence-corrected chi connectivity index (χ0v) is 8.62. The van der Waals surface area contributed by atoms with Crippen molar-refractivity contribution in [3.63, 3.8) is 0 Å². The standard InChI is InChI=1S/C10H16O4/c1-3-7(10(12)13-2)9(11)8-5-4-6-14-8/h7-8H,3-6H2,1-2H3. The Morgan fingerprint density at radius 3 is 2.71 bits per heavy atom. The molecule has 2 atom stereocenters. The molecule has 1 aliphatic heterocycles. The molecule has 0 aromatic heterocycles. The van der Waals surface area contributed by atoms with Gasteiger partial charge in [0.2, 0.25) is 0 Å². The van der Waals surface area contributed by atoms with Gasteiger partial charge in [-0.05, 0) is 19.3 Å². The van der Waals surface area contributed by atoms with Crippen molar-refractivity contribution in [1.82, 2.24) is 0 Å². The lowest BCUT2D eigenvalue weighted by Gasteiger charge is -2.15. The molecule has 14 heavy (non-hydrogen) atoms. The predicted octanol–water partition coefficient (Wildman–Crippen LogP) is 0.934. The molecule has 4 nitrogen and oxygen atoms in total. The fourth-order valence-electron chi connectivity index (χ4n) is 1.65. The fraction of sp³-hybridized carbons (Fsp3) is 0.800. The van der Waals surface area contributed by atoms with Gasteiger partial charge in [0.15, 0.2) is 5.78 Å². The van der Waals surface area contributed by atoms with Crippen molar-refractivity contribution in [3.05, 3.63) is 0 Å². The number of methoxy groups -OCH3 is 1. The number of hydrogen-bond donors (Lipinski definition) is 0. The highest BCUT2D eigenvalue weighted by Crippen LogP contribution is 2.19. The second kappa shape index (κ2) is 5.10. The summed E-state index contributed by atoms with van der Waals surface area (Å²) in [4.78, 5) is 23.0. The molecule has 0 spiro atoms. The highest BCUT2D eigenvalue weighted by Gasteiger charge is 2.33. The van der Waals surface area contributed by atoms with E-state index in [0.29, 0.717) is 13.0 Å². The van der Waals surface area contributed by atoms with E-state index in [1.165, 1.54) is 7.11 Å². The maximum Gasteiger partial charge on any atom is 0.316 e. The monoisotopic (exact) mass is 200 g/mol. The van der Waals surface area contributed by atoms with Crippen molar-refractivity contribution < 1.29 is 19.1 Å². The van der Waals surface area contributed by atoms with Gasteiger partial charge in [-0.15, -0.1) is 0 Å². The Bertz CT molecular complexity index is 218. The Morgan fingerprint density at radius 2 is 2.29 bits per heavy atom. The molecule has 1 heterocycles. The molecular formula is C10H16O4. The van der Waals surface area contributed by atoms with Crippen LogP contribution in [-0.4, -0.2) is 31.6 Å². The minimum absolute atomic E-state index is 0.128. The first-order valence-electron chi connectivity index (χ1n) is 4.93. The zero-order chi connectivity index (χ0) is 10.6. The lowest BCUT2D eigenvalue weighted by Crippen LogP contribution is -2.33. The van der Waals surface area contributed by atoms with Crippen LogP contribution in [0, 0.1) is 5.92 Å². The summed E-state index contributed by atoms with van der Waals surface area (Å²) in [6, 6.07) is 0. The Labute approximate surface area is 83.6 Å². The topological polar surface area (TPSA) is 52.6 Å². The van der Waals surface area contributed by atoms with E-state index in [1.807, 2.05) is 0 Å². The van der Waals surface area contributed by atoms with E-state index in [9.17, 15) is 9.59 Å². The molecule has 1 saturated heterocycles. The maximum absolute atomic E-state index is 11.8. The van der Waals surface area contributed by atoms with Crippen LogP contribution in [0.3, 0.4) is 0 Å². The Morgan fingerprint density at radius 1 is 1.57 bits per heavy atom. The first-order chi connectivity index (χ1) is 6.70. The number of carbonyl (C=O) groups is 2. The highest BCUT2D eigenvalue weighted by molar-refractivity contribution is 6.01. The van der Waals surface area contributed by atoms with E-state index in [-0.39, 0.29) is 11.9 Å². The molecule has 1 fully saturated rings. The molecule has 1 aliphatic rings. The summed E-state index contributed by atoms with van der Waals surface area (Å²) in [6.07, 6.45) is 1.71. The summed E-state index contributed by atoms with van der Waals surface area (Å²) in [5, 5.41) is 0. The summed E-state index contributed by atoms with van der Waals surface area (Å²) in [5.41, 5.74) is 0. The second-order valence-electron chi connectivity index (χ2n) is 3.39. The number of ketones is 1. The molecule has 0 amide bonds. The molecule has 0 saturated carbocycles. The number of esters is 1. The van der Waals surface area contributed by atoms with Crippen molar-refractivity contribution in [2.75, 3.05) is 13.7 Å². The molecule has 80 valence electrons. The van der Waals surface area contributed by atoms with Crippen molar-refractivity contribution in [2.24, 2.45) is 5.92 Å². The Balaban J connectivity index is 2.59. The predicted molar refractivity (Wildman–Crippen MR) is 49.8 cm³/mol. The smallest absolute Gasteiger partial charge is 0.316 e. The molecule has 4 heteroatoms. The lowest BCUT2D eigenvalue weighted by molar-refractivity contribution is -0.152. The molecule has 0 aromatic carbocycles. The average molecular weight is 200 g/mol. The Hall–Kier alpha value is -0.900. The first-order valence-corrected chi connectivity index (χ1v) is 4.93. The molecule has 0 N–H and O–H groups in total. The van der Waals surface area contributed by atoms with Gasteiger partial charge < -0.3 is 9.47 Å². The van der Waals surface area contributed by atoms with E-state index < -0.39 is 11.9 Å². The van der Waals surface area contributed by atoms with Gasteiger partial charge in [-0.25, -0.2) is 0 Å². The highest BCUT2D eigenvalue weighted by atomic mass is 16.5. The molecule has 1 rings (SSSR count). The molecule has 0 bridgehead atoms. The zero-order valence-electron chi connectivity index (χ0n) is 8.62. The molecular weight excluding hydrogens is 184 g/mol. The van der Waals surface area contributed by atoms with E-state index in [4.69, 9.17) is 4.74 Å². The van der Waals surface area contributed by atoms with Gasteiger partial charge in [-0.1, -0.05) is 6.92 Å². The third kappa shape index (κ3) is 2.32. The van der Waals surface area contributed by atoms with Crippen LogP contribution in [0.15, 0.2) is 0 Å². The fourth-order valence-corrected chi connectivity index (χ4v) is 1.65. The van der Waals surface area contributed by atoms with Gasteiger partial charge >= 0.3 is 5.97 Å². The minimum atomic E-state index is -0.650. The quantitative estimate of drug-likeness (QED) is 0.500. The van der Waals surface area contributed by atoms with E-state index in [0.717, 1.165) is 12.8 Å². The van der Waals surface area contributed by atoms with Gasteiger partial charge in [0.25, 0.3) is 0 Å². The SMILES string of the molecule is CCC(C(=O)OC)C(=O)C1CCCO1. The average Bonchev–Trinajstić information content (AvgIpc) is 2.71. The molecule has 0 radical (unpaired) electrons. The summed E-state index contributed by atoms with van der Waals surface area (Å²) < 4.78 is 9.80. The first kappa shape index (κ1) is 11.2. The maximum atomic E-state index is 11.8. The summed E-state index contributed by atoms with van der Waals surface area (Å²) >= 11 is 0. The van der Waals surface area contributed by atoms with Gasteiger partial charge in [-0.3, -0.25) is 9.59 Å². The van der Waals surface area contributed by atoms with Crippen LogP contribution in [0.1, 0.15) is 26.2 Å². The molecule has 2 unspecified atom stereocenters. The van der Waals surface area contributed by atoms with E-state index in [1.54, 1.807) is 6.92 Å². The normalized spacial score (nSPS) is 23.1. The van der Waals surface area contributed by atoms with Gasteiger partial charge in [-0.2, -0.15) is 0 Å². The third-order valence-corrected chi connectivity index (χ3v) is 2.48. The van der Waals surface area contributed by atoms with E-state index >= 15 is 0 Å².